The van der Waals surface area contributed by atoms with Crippen LogP contribution in [0.2, 0.25) is 0 Å². The fourth-order valence-electron chi connectivity index (χ4n) is 4.39. The third-order valence-electron chi connectivity index (χ3n) is 6.58. The third kappa shape index (κ3) is 8.15. The maximum atomic E-state index is 13.2. The average Bonchev–Trinajstić information content (AvgIpc) is 2.86. The van der Waals surface area contributed by atoms with Gasteiger partial charge in [0.2, 0.25) is 5.91 Å². The number of carbonyl (C=O) groups is 2. The lowest BCUT2D eigenvalue weighted by atomic mass is 9.97. The number of benzene rings is 1. The molecule has 0 aliphatic carbocycles. The van der Waals surface area contributed by atoms with Crippen molar-refractivity contribution in [2.45, 2.75) is 78.2 Å². The summed E-state index contributed by atoms with van der Waals surface area (Å²) in [7, 11) is 0. The molecule has 0 unspecified atom stereocenters. The van der Waals surface area contributed by atoms with Crippen molar-refractivity contribution >= 4 is 23.2 Å². The lowest BCUT2D eigenvalue weighted by Gasteiger charge is -2.33. The van der Waals surface area contributed by atoms with Gasteiger partial charge >= 0.3 is 0 Å². The zero-order valence-electron chi connectivity index (χ0n) is 20.8. The van der Waals surface area contributed by atoms with Crippen LogP contribution in [-0.4, -0.2) is 29.9 Å². The smallest absolute Gasteiger partial charge is 0.253 e. The first-order chi connectivity index (χ1) is 16.6. The highest BCUT2D eigenvalue weighted by molar-refractivity contribution is 6.02. The molecular formula is C28H40N4O2. The molecule has 34 heavy (non-hydrogen) atoms. The van der Waals surface area contributed by atoms with Crippen LogP contribution in [0.5, 0.6) is 0 Å². The number of rotatable bonds is 12. The predicted molar refractivity (Wildman–Crippen MR) is 139 cm³/mol. The Morgan fingerprint density at radius 2 is 1.82 bits per heavy atom. The Morgan fingerprint density at radius 3 is 2.56 bits per heavy atom. The Bertz CT molecular complexity index is 908. The molecule has 1 aromatic carbocycles. The number of unbranched alkanes of at least 4 members (excludes halogenated alkanes) is 5. The predicted octanol–water partition coefficient (Wildman–Crippen LogP) is 5.94. The molecule has 1 aliphatic rings. The van der Waals surface area contributed by atoms with E-state index in [0.717, 1.165) is 50.0 Å². The molecule has 2 aromatic rings. The first-order valence-electron chi connectivity index (χ1n) is 12.9. The Hall–Kier alpha value is -2.89. The standard InChI is InChI=1S/C28H40N4O2/c1-3-4-5-6-7-8-11-27(33)31-24-12-13-26(32-17-14-22(2)15-18-32)25(19-24)28(34)30-21-23-10-9-16-29-20-23/h9-10,12-13,16,19-20,22H,3-8,11,14-15,17-18,21H2,1-2H3,(H,30,34)(H,31,33). The van der Waals surface area contributed by atoms with E-state index in [2.05, 4.69) is 34.4 Å². The van der Waals surface area contributed by atoms with E-state index in [9.17, 15) is 9.59 Å². The van der Waals surface area contributed by atoms with E-state index >= 15 is 0 Å². The van der Waals surface area contributed by atoms with Gasteiger partial charge in [-0.25, -0.2) is 0 Å². The lowest BCUT2D eigenvalue weighted by molar-refractivity contribution is -0.116. The summed E-state index contributed by atoms with van der Waals surface area (Å²) in [4.78, 5) is 32.1. The number of aromatic nitrogens is 1. The minimum Gasteiger partial charge on any atom is -0.371 e. The van der Waals surface area contributed by atoms with Gasteiger partial charge in [0.25, 0.3) is 5.91 Å². The highest BCUT2D eigenvalue weighted by Gasteiger charge is 2.22. The Labute approximate surface area is 204 Å². The summed E-state index contributed by atoms with van der Waals surface area (Å²) in [6.07, 6.45) is 13.1. The molecule has 0 radical (unpaired) electrons. The van der Waals surface area contributed by atoms with Gasteiger partial charge in [-0.15, -0.1) is 0 Å². The number of carbonyl (C=O) groups excluding carboxylic acids is 2. The molecule has 1 aromatic heterocycles. The molecule has 0 spiro atoms. The van der Waals surface area contributed by atoms with Crippen molar-refractivity contribution in [1.29, 1.82) is 0 Å². The second kappa shape index (κ2) is 13.7. The van der Waals surface area contributed by atoms with Gasteiger partial charge in [0.05, 0.1) is 5.56 Å². The zero-order valence-corrected chi connectivity index (χ0v) is 20.8. The van der Waals surface area contributed by atoms with Crippen LogP contribution in [0.4, 0.5) is 11.4 Å². The largest absolute Gasteiger partial charge is 0.371 e. The van der Waals surface area contributed by atoms with E-state index in [1.54, 1.807) is 12.4 Å². The Balaban J connectivity index is 1.65. The van der Waals surface area contributed by atoms with Crippen molar-refractivity contribution in [3.05, 3.63) is 53.9 Å². The van der Waals surface area contributed by atoms with Crippen molar-refractivity contribution in [3.63, 3.8) is 0 Å². The van der Waals surface area contributed by atoms with E-state index in [1.165, 1.54) is 25.7 Å². The van der Waals surface area contributed by atoms with Gasteiger partial charge in [-0.2, -0.15) is 0 Å². The van der Waals surface area contributed by atoms with Gasteiger partial charge in [0.1, 0.15) is 0 Å². The average molecular weight is 465 g/mol. The second-order valence-electron chi connectivity index (χ2n) is 9.51. The first-order valence-corrected chi connectivity index (χ1v) is 12.9. The highest BCUT2D eigenvalue weighted by atomic mass is 16.2. The molecule has 6 heteroatoms. The minimum atomic E-state index is -0.135. The summed E-state index contributed by atoms with van der Waals surface area (Å²) in [5.41, 5.74) is 3.17. The summed E-state index contributed by atoms with van der Waals surface area (Å²) < 4.78 is 0. The maximum Gasteiger partial charge on any atom is 0.253 e. The number of piperidine rings is 1. The van der Waals surface area contributed by atoms with Crippen LogP contribution in [0.3, 0.4) is 0 Å². The van der Waals surface area contributed by atoms with E-state index in [0.29, 0.717) is 30.1 Å². The van der Waals surface area contributed by atoms with Crippen molar-refractivity contribution in [1.82, 2.24) is 10.3 Å². The van der Waals surface area contributed by atoms with Crippen molar-refractivity contribution < 1.29 is 9.59 Å². The molecule has 0 saturated carbocycles. The summed E-state index contributed by atoms with van der Waals surface area (Å²) >= 11 is 0. The molecule has 0 bridgehead atoms. The molecule has 6 nitrogen and oxygen atoms in total. The minimum absolute atomic E-state index is 0.0109. The Kier molecular flexibility index (Phi) is 10.4. The summed E-state index contributed by atoms with van der Waals surface area (Å²) in [5, 5.41) is 6.03. The molecule has 2 heterocycles. The zero-order chi connectivity index (χ0) is 24.2. The van der Waals surface area contributed by atoms with Crippen molar-refractivity contribution in [2.75, 3.05) is 23.3 Å². The summed E-state index contributed by atoms with van der Waals surface area (Å²) in [6.45, 7) is 6.78. The van der Waals surface area contributed by atoms with E-state index in [1.807, 2.05) is 30.3 Å². The second-order valence-corrected chi connectivity index (χ2v) is 9.51. The molecule has 1 saturated heterocycles. The van der Waals surface area contributed by atoms with Crippen LogP contribution >= 0.6 is 0 Å². The molecule has 184 valence electrons. The van der Waals surface area contributed by atoms with Gasteiger partial charge in [-0.3, -0.25) is 14.6 Å². The number of amides is 2. The van der Waals surface area contributed by atoms with Crippen LogP contribution in [-0.2, 0) is 11.3 Å². The summed E-state index contributed by atoms with van der Waals surface area (Å²) in [5.74, 6) is 0.584. The number of nitrogens with zero attached hydrogens (tertiary/aromatic N) is 2. The topological polar surface area (TPSA) is 74.3 Å². The van der Waals surface area contributed by atoms with E-state index < -0.39 is 0 Å². The molecule has 2 N–H and O–H groups in total. The van der Waals surface area contributed by atoms with Gasteiger partial charge < -0.3 is 15.5 Å². The maximum absolute atomic E-state index is 13.2. The van der Waals surface area contributed by atoms with Crippen LogP contribution in [0.1, 0.15) is 87.6 Å². The van der Waals surface area contributed by atoms with Gasteiger partial charge in [0.15, 0.2) is 0 Å². The molecule has 1 fully saturated rings. The molecule has 3 rings (SSSR count). The number of hydrogen-bond donors (Lipinski definition) is 2. The van der Waals surface area contributed by atoms with Crippen molar-refractivity contribution in [2.24, 2.45) is 5.92 Å². The number of pyridine rings is 1. The Morgan fingerprint density at radius 1 is 1.06 bits per heavy atom. The number of hydrogen-bond acceptors (Lipinski definition) is 4. The van der Waals surface area contributed by atoms with Crippen LogP contribution in [0, 0.1) is 5.92 Å². The number of anilines is 2. The fraction of sp³-hybridized carbons (Fsp3) is 0.536. The summed E-state index contributed by atoms with van der Waals surface area (Å²) in [6, 6.07) is 9.53. The monoisotopic (exact) mass is 464 g/mol. The van der Waals surface area contributed by atoms with Crippen LogP contribution < -0.4 is 15.5 Å². The first kappa shape index (κ1) is 25.7. The van der Waals surface area contributed by atoms with E-state index in [-0.39, 0.29) is 11.8 Å². The highest BCUT2D eigenvalue weighted by Crippen LogP contribution is 2.29. The lowest BCUT2D eigenvalue weighted by Crippen LogP contribution is -2.35. The molecule has 0 atom stereocenters. The molecule has 1 aliphatic heterocycles. The van der Waals surface area contributed by atoms with Crippen molar-refractivity contribution in [3.8, 4) is 0 Å². The van der Waals surface area contributed by atoms with Gasteiger partial charge in [0, 0.05) is 49.8 Å². The molecular weight excluding hydrogens is 424 g/mol. The van der Waals surface area contributed by atoms with Gasteiger partial charge in [-0.1, -0.05) is 52.0 Å². The van der Waals surface area contributed by atoms with E-state index in [4.69, 9.17) is 0 Å². The SMILES string of the molecule is CCCCCCCCC(=O)Nc1ccc(N2CCC(C)CC2)c(C(=O)NCc2cccnc2)c1. The third-order valence-corrected chi connectivity index (χ3v) is 6.58. The van der Waals surface area contributed by atoms with Crippen LogP contribution in [0.25, 0.3) is 0 Å². The van der Waals surface area contributed by atoms with Crippen LogP contribution in [0.15, 0.2) is 42.7 Å². The fourth-order valence-corrected chi connectivity index (χ4v) is 4.39. The molecule has 2 amide bonds. The number of nitrogens with one attached hydrogen (secondary N) is 2. The van der Waals surface area contributed by atoms with Gasteiger partial charge in [-0.05, 0) is 55.0 Å². The quantitative estimate of drug-likeness (QED) is 0.381. The normalized spacial score (nSPS) is 14.1.